The van der Waals surface area contributed by atoms with Crippen LogP contribution in [0.2, 0.25) is 5.02 Å². The van der Waals surface area contributed by atoms with Gasteiger partial charge < -0.3 is 15.4 Å². The summed E-state index contributed by atoms with van der Waals surface area (Å²) in [5.74, 6) is 0. The zero-order valence-corrected chi connectivity index (χ0v) is 18.7. The number of hydrogen-bond acceptors (Lipinski definition) is 6. The van der Waals surface area contributed by atoms with Crippen molar-refractivity contribution < 1.29 is 5.11 Å². The Labute approximate surface area is 190 Å². The first-order valence-electron chi connectivity index (χ1n) is 9.56. The van der Waals surface area contributed by atoms with Gasteiger partial charge in [0.2, 0.25) is 0 Å². The van der Waals surface area contributed by atoms with Gasteiger partial charge in [0.05, 0.1) is 54.4 Å². The molecular weight excluding hydrogens is 434 g/mol. The molecule has 0 aliphatic carbocycles. The first-order valence-corrected chi connectivity index (χ1v) is 10.3. The molecule has 1 unspecified atom stereocenters. The molecule has 2 heterocycles. The minimum Gasteiger partial charge on any atom is -0.391 e. The fourth-order valence-electron chi connectivity index (χ4n) is 3.12. The second-order valence-electron chi connectivity index (χ2n) is 7.12. The van der Waals surface area contributed by atoms with E-state index in [1.165, 1.54) is 5.01 Å². The molecule has 10 heteroatoms. The lowest BCUT2D eigenvalue weighted by atomic mass is 10.0. The van der Waals surface area contributed by atoms with Crippen LogP contribution in [0.25, 0.3) is 22.3 Å². The standard InChI is InChI=1S/C21H22ClN7OS/c1-13(30)11-29(21(24)31)26-9-15-7-19(20-10-25-12-28(20)2)27-18-8-17(22)14(4-3-5-23)6-16(15)18/h6-10,12-13,30H,3-4,11H2,1-2H3,(H2,24,31)/b26-9+. The van der Waals surface area contributed by atoms with Crippen LogP contribution >= 0.6 is 23.8 Å². The summed E-state index contributed by atoms with van der Waals surface area (Å²) >= 11 is 11.5. The van der Waals surface area contributed by atoms with Crippen molar-refractivity contribution in [3.8, 4) is 17.5 Å². The van der Waals surface area contributed by atoms with Crippen molar-refractivity contribution in [1.29, 1.82) is 5.26 Å². The molecule has 1 atom stereocenters. The van der Waals surface area contributed by atoms with Gasteiger partial charge in [0, 0.05) is 29.4 Å². The molecule has 3 N–H and O–H groups in total. The van der Waals surface area contributed by atoms with E-state index in [2.05, 4.69) is 16.2 Å². The third kappa shape index (κ3) is 5.35. The number of nitriles is 1. The Balaban J connectivity index is 2.17. The Morgan fingerprint density at radius 2 is 2.26 bits per heavy atom. The van der Waals surface area contributed by atoms with Gasteiger partial charge in [0.15, 0.2) is 5.11 Å². The molecule has 0 aliphatic heterocycles. The highest BCUT2D eigenvalue weighted by Crippen LogP contribution is 2.29. The van der Waals surface area contributed by atoms with E-state index >= 15 is 0 Å². The first kappa shape index (κ1) is 22.6. The van der Waals surface area contributed by atoms with E-state index in [1.807, 2.05) is 23.7 Å². The molecular formula is C21H22ClN7OS. The number of aliphatic hydroxyl groups is 1. The van der Waals surface area contributed by atoms with Gasteiger partial charge >= 0.3 is 0 Å². The Kier molecular flexibility index (Phi) is 7.17. The smallest absolute Gasteiger partial charge is 0.187 e. The third-order valence-electron chi connectivity index (χ3n) is 4.62. The maximum absolute atomic E-state index is 9.70. The summed E-state index contributed by atoms with van der Waals surface area (Å²) in [4.78, 5) is 8.92. The van der Waals surface area contributed by atoms with Crippen molar-refractivity contribution in [3.05, 3.63) is 46.9 Å². The number of halogens is 1. The molecule has 1 aromatic carbocycles. The lowest BCUT2D eigenvalue weighted by molar-refractivity contribution is 0.162. The first-order chi connectivity index (χ1) is 14.8. The summed E-state index contributed by atoms with van der Waals surface area (Å²) in [6.45, 7) is 1.80. The normalized spacial score (nSPS) is 12.2. The molecule has 0 saturated carbocycles. The number of fused-ring (bicyclic) bond motifs is 1. The lowest BCUT2D eigenvalue weighted by Gasteiger charge is -2.18. The van der Waals surface area contributed by atoms with Crippen molar-refractivity contribution in [1.82, 2.24) is 19.5 Å². The zero-order valence-electron chi connectivity index (χ0n) is 17.2. The van der Waals surface area contributed by atoms with Gasteiger partial charge in [-0.2, -0.15) is 10.4 Å². The van der Waals surface area contributed by atoms with Crippen molar-refractivity contribution >= 4 is 46.0 Å². The minimum absolute atomic E-state index is 0.0557. The third-order valence-corrected chi connectivity index (χ3v) is 5.18. The topological polar surface area (TPSA) is 116 Å². The van der Waals surface area contributed by atoms with E-state index < -0.39 is 6.10 Å². The van der Waals surface area contributed by atoms with Crippen LogP contribution in [0.5, 0.6) is 0 Å². The summed E-state index contributed by atoms with van der Waals surface area (Å²) < 4.78 is 1.87. The van der Waals surface area contributed by atoms with Gasteiger partial charge in [-0.3, -0.25) is 0 Å². The molecule has 0 saturated heterocycles. The molecule has 0 radical (unpaired) electrons. The molecule has 2 aromatic heterocycles. The van der Waals surface area contributed by atoms with E-state index in [1.54, 1.807) is 31.7 Å². The number of hydrazone groups is 1. The minimum atomic E-state index is -0.658. The number of imidazole rings is 1. The summed E-state index contributed by atoms with van der Waals surface area (Å²) in [6, 6.07) is 7.76. The second kappa shape index (κ2) is 9.83. The van der Waals surface area contributed by atoms with Crippen molar-refractivity contribution in [2.24, 2.45) is 17.9 Å². The fraction of sp³-hybridized carbons (Fsp3) is 0.286. The number of aromatic nitrogens is 3. The predicted molar refractivity (Wildman–Crippen MR) is 126 cm³/mol. The molecule has 0 fully saturated rings. The van der Waals surface area contributed by atoms with Crippen molar-refractivity contribution in [2.45, 2.75) is 25.9 Å². The van der Waals surface area contributed by atoms with Crippen LogP contribution in [0.3, 0.4) is 0 Å². The number of aryl methyl sites for hydroxylation is 2. The van der Waals surface area contributed by atoms with Crippen molar-refractivity contribution in [2.75, 3.05) is 6.54 Å². The Hall–Kier alpha value is -3.06. The van der Waals surface area contributed by atoms with Gasteiger partial charge in [-0.1, -0.05) is 11.6 Å². The predicted octanol–water partition coefficient (Wildman–Crippen LogP) is 3.01. The Bertz CT molecular complexity index is 1180. The van der Waals surface area contributed by atoms with Gasteiger partial charge in [-0.05, 0) is 49.3 Å². The number of rotatable bonds is 7. The summed E-state index contributed by atoms with van der Waals surface area (Å²) in [6.07, 6.45) is 5.30. The second-order valence-corrected chi connectivity index (χ2v) is 7.94. The van der Waals surface area contributed by atoms with Crippen LogP contribution in [0.15, 0.2) is 35.8 Å². The molecule has 160 valence electrons. The number of hydrogen-bond donors (Lipinski definition) is 2. The number of thiocarbonyl (C=S) groups is 1. The molecule has 3 rings (SSSR count). The highest BCUT2D eigenvalue weighted by atomic mass is 35.5. The van der Waals surface area contributed by atoms with E-state index in [0.717, 1.165) is 22.2 Å². The van der Waals surface area contributed by atoms with Gasteiger partial charge in [-0.15, -0.1) is 0 Å². The van der Waals surface area contributed by atoms with Crippen LogP contribution < -0.4 is 5.73 Å². The molecule has 8 nitrogen and oxygen atoms in total. The van der Waals surface area contributed by atoms with Crippen LogP contribution in [0, 0.1) is 11.3 Å². The molecule has 0 spiro atoms. The highest BCUT2D eigenvalue weighted by molar-refractivity contribution is 7.80. The molecule has 0 aliphatic rings. The summed E-state index contributed by atoms with van der Waals surface area (Å²) in [7, 11) is 1.89. The van der Waals surface area contributed by atoms with E-state index in [9.17, 15) is 5.11 Å². The van der Waals surface area contributed by atoms with E-state index in [0.29, 0.717) is 29.1 Å². The number of aliphatic hydroxyl groups excluding tert-OH is 1. The average Bonchev–Trinajstić information content (AvgIpc) is 3.14. The maximum Gasteiger partial charge on any atom is 0.187 e. The fourth-order valence-corrected chi connectivity index (χ4v) is 3.49. The van der Waals surface area contributed by atoms with Crippen LogP contribution in [0.4, 0.5) is 0 Å². The average molecular weight is 456 g/mol. The monoisotopic (exact) mass is 455 g/mol. The highest BCUT2D eigenvalue weighted by Gasteiger charge is 2.13. The van der Waals surface area contributed by atoms with E-state index in [4.69, 9.17) is 39.8 Å². The molecule has 0 bridgehead atoms. The van der Waals surface area contributed by atoms with Crippen LogP contribution in [-0.2, 0) is 13.5 Å². The summed E-state index contributed by atoms with van der Waals surface area (Å²) in [5.41, 5.74) is 9.59. The lowest BCUT2D eigenvalue weighted by Crippen LogP contribution is -2.36. The summed E-state index contributed by atoms with van der Waals surface area (Å²) in [5, 5.41) is 25.8. The Morgan fingerprint density at radius 3 is 2.87 bits per heavy atom. The molecule has 0 amide bonds. The Morgan fingerprint density at radius 1 is 1.48 bits per heavy atom. The molecule has 3 aromatic rings. The van der Waals surface area contributed by atoms with E-state index in [-0.39, 0.29) is 11.7 Å². The zero-order chi connectivity index (χ0) is 22.5. The number of pyridine rings is 1. The van der Waals surface area contributed by atoms with Gasteiger partial charge in [0.1, 0.15) is 0 Å². The van der Waals surface area contributed by atoms with Gasteiger partial charge in [-0.25, -0.2) is 15.0 Å². The number of nitrogens with two attached hydrogens (primary N) is 1. The quantitative estimate of drug-likeness (QED) is 0.319. The van der Waals surface area contributed by atoms with Crippen LogP contribution in [0.1, 0.15) is 24.5 Å². The maximum atomic E-state index is 9.70. The SMILES string of the molecule is CC(O)CN(/N=C/c1cc(-c2cncn2C)nc2cc(Cl)c(CCC#N)cc12)C(N)=S. The molecule has 31 heavy (non-hydrogen) atoms. The number of nitrogens with zero attached hydrogens (tertiary/aromatic N) is 6. The van der Waals surface area contributed by atoms with Crippen LogP contribution in [-0.4, -0.2) is 48.6 Å². The largest absolute Gasteiger partial charge is 0.391 e. The van der Waals surface area contributed by atoms with Gasteiger partial charge in [0.25, 0.3) is 0 Å². The number of benzene rings is 1. The van der Waals surface area contributed by atoms with Crippen molar-refractivity contribution in [3.63, 3.8) is 0 Å².